The van der Waals surface area contributed by atoms with Gasteiger partial charge in [0.2, 0.25) is 0 Å². The van der Waals surface area contributed by atoms with Gasteiger partial charge in [-0.3, -0.25) is 4.90 Å². The third kappa shape index (κ3) is 4.99. The van der Waals surface area contributed by atoms with Gasteiger partial charge in [-0.05, 0) is 49.4 Å². The Hall–Kier alpha value is -1.06. The van der Waals surface area contributed by atoms with Crippen LogP contribution in [0.25, 0.3) is 0 Å². The van der Waals surface area contributed by atoms with Crippen molar-refractivity contribution < 1.29 is 9.84 Å². The fraction of sp³-hybridized carbons (Fsp3) is 0.684. The van der Waals surface area contributed by atoms with Crippen LogP contribution in [-0.2, 0) is 5.41 Å². The fourth-order valence-corrected chi connectivity index (χ4v) is 3.00. The molecule has 1 aliphatic heterocycles. The number of ether oxygens (including phenoxy) is 1. The molecule has 2 atom stereocenters. The molecule has 1 aliphatic rings. The first-order valence-corrected chi connectivity index (χ1v) is 8.52. The molecule has 2 rings (SSSR count). The van der Waals surface area contributed by atoms with Crippen molar-refractivity contribution in [3.05, 3.63) is 29.8 Å². The first kappa shape index (κ1) is 17.3. The summed E-state index contributed by atoms with van der Waals surface area (Å²) in [7, 11) is 0. The van der Waals surface area contributed by atoms with E-state index in [0.717, 1.165) is 12.3 Å². The smallest absolute Gasteiger partial charge is 0.119 e. The number of aliphatic hydroxyl groups is 1. The van der Waals surface area contributed by atoms with Gasteiger partial charge in [0, 0.05) is 12.6 Å². The fourth-order valence-electron chi connectivity index (χ4n) is 3.00. The van der Waals surface area contributed by atoms with Crippen LogP contribution in [0, 0.1) is 0 Å². The molecule has 1 fully saturated rings. The number of nitrogens with zero attached hydrogens (tertiary/aromatic N) is 1. The van der Waals surface area contributed by atoms with E-state index in [1.165, 1.54) is 24.8 Å². The van der Waals surface area contributed by atoms with Crippen LogP contribution in [-0.4, -0.2) is 41.8 Å². The molecule has 1 heterocycles. The summed E-state index contributed by atoms with van der Waals surface area (Å²) >= 11 is 0. The molecule has 124 valence electrons. The number of likely N-dealkylation sites (tertiary alicyclic amines) is 1. The second-order valence-electron chi connectivity index (χ2n) is 7.58. The summed E-state index contributed by atoms with van der Waals surface area (Å²) in [5.41, 5.74) is 1.45. The molecule has 0 spiro atoms. The molecule has 0 aliphatic carbocycles. The quantitative estimate of drug-likeness (QED) is 0.902. The zero-order chi connectivity index (χ0) is 16.2. The third-order valence-corrected chi connectivity index (χ3v) is 4.55. The zero-order valence-electron chi connectivity index (χ0n) is 14.5. The van der Waals surface area contributed by atoms with Gasteiger partial charge >= 0.3 is 0 Å². The van der Waals surface area contributed by atoms with E-state index < -0.39 is 6.10 Å². The van der Waals surface area contributed by atoms with Gasteiger partial charge in [0.25, 0.3) is 0 Å². The molecule has 0 amide bonds. The van der Waals surface area contributed by atoms with Crippen LogP contribution in [0.5, 0.6) is 5.75 Å². The molecule has 0 bridgehead atoms. The van der Waals surface area contributed by atoms with E-state index in [1.807, 2.05) is 12.1 Å². The molecule has 1 aromatic carbocycles. The maximum Gasteiger partial charge on any atom is 0.119 e. The first-order chi connectivity index (χ1) is 10.4. The highest BCUT2D eigenvalue weighted by molar-refractivity contribution is 5.31. The minimum atomic E-state index is -0.428. The Morgan fingerprint density at radius 1 is 1.23 bits per heavy atom. The van der Waals surface area contributed by atoms with E-state index in [9.17, 15) is 5.11 Å². The standard InChI is InChI=1S/C19H31NO2/c1-15-7-5-6-12-20(15)13-17(21)14-22-18-10-8-16(9-11-18)19(2,3)4/h8-11,15,17,21H,5-7,12-14H2,1-4H3/t15-,17+/m0/s1. The largest absolute Gasteiger partial charge is 0.491 e. The van der Waals surface area contributed by atoms with Crippen LogP contribution in [0.3, 0.4) is 0 Å². The van der Waals surface area contributed by atoms with Gasteiger partial charge in [0.1, 0.15) is 18.5 Å². The van der Waals surface area contributed by atoms with Crippen LogP contribution < -0.4 is 4.74 Å². The summed E-state index contributed by atoms with van der Waals surface area (Å²) in [4.78, 5) is 2.38. The Kier molecular flexibility index (Phi) is 5.87. The number of rotatable bonds is 5. The van der Waals surface area contributed by atoms with Crippen LogP contribution in [0.2, 0.25) is 0 Å². The molecule has 3 heteroatoms. The van der Waals surface area contributed by atoms with Crippen molar-refractivity contribution in [1.82, 2.24) is 4.90 Å². The highest BCUT2D eigenvalue weighted by atomic mass is 16.5. The third-order valence-electron chi connectivity index (χ3n) is 4.55. The molecule has 0 radical (unpaired) electrons. The van der Waals surface area contributed by atoms with Crippen molar-refractivity contribution in [3.63, 3.8) is 0 Å². The first-order valence-electron chi connectivity index (χ1n) is 8.52. The van der Waals surface area contributed by atoms with Crippen molar-refractivity contribution in [1.29, 1.82) is 0 Å². The summed E-state index contributed by atoms with van der Waals surface area (Å²) in [6.45, 7) is 11.0. The van der Waals surface area contributed by atoms with Crippen LogP contribution in [0.4, 0.5) is 0 Å². The highest BCUT2D eigenvalue weighted by Crippen LogP contribution is 2.24. The topological polar surface area (TPSA) is 32.7 Å². The second-order valence-corrected chi connectivity index (χ2v) is 7.58. The molecule has 1 N–H and O–H groups in total. The molecular weight excluding hydrogens is 274 g/mol. The molecule has 22 heavy (non-hydrogen) atoms. The van der Waals surface area contributed by atoms with Gasteiger partial charge in [-0.15, -0.1) is 0 Å². The molecule has 0 saturated carbocycles. The Labute approximate surface area is 135 Å². The molecule has 0 unspecified atom stereocenters. The van der Waals surface area contributed by atoms with Crippen molar-refractivity contribution in [2.45, 2.75) is 64.5 Å². The normalized spacial score (nSPS) is 21.6. The van der Waals surface area contributed by atoms with E-state index in [2.05, 4.69) is 44.7 Å². The van der Waals surface area contributed by atoms with E-state index in [4.69, 9.17) is 4.74 Å². The Morgan fingerprint density at radius 3 is 2.50 bits per heavy atom. The average molecular weight is 305 g/mol. The number of benzene rings is 1. The monoisotopic (exact) mass is 305 g/mol. The number of piperidine rings is 1. The van der Waals surface area contributed by atoms with E-state index in [-0.39, 0.29) is 5.41 Å². The van der Waals surface area contributed by atoms with Crippen LogP contribution in [0.1, 0.15) is 52.5 Å². The van der Waals surface area contributed by atoms with Gasteiger partial charge < -0.3 is 9.84 Å². The predicted octanol–water partition coefficient (Wildman–Crippen LogP) is 3.60. The maximum absolute atomic E-state index is 10.2. The minimum Gasteiger partial charge on any atom is -0.491 e. The molecule has 0 aromatic heterocycles. The summed E-state index contributed by atoms with van der Waals surface area (Å²) in [5, 5.41) is 10.2. The lowest BCUT2D eigenvalue weighted by molar-refractivity contribution is 0.0438. The lowest BCUT2D eigenvalue weighted by Crippen LogP contribution is -2.43. The molecule has 3 nitrogen and oxygen atoms in total. The van der Waals surface area contributed by atoms with Crippen LogP contribution in [0.15, 0.2) is 24.3 Å². The number of β-amino-alcohol motifs (C(OH)–C–C–N with tert-alkyl or cyclic N) is 1. The van der Waals surface area contributed by atoms with Crippen molar-refractivity contribution in [2.24, 2.45) is 0 Å². The minimum absolute atomic E-state index is 0.155. The summed E-state index contributed by atoms with van der Waals surface area (Å²) in [6.07, 6.45) is 3.36. The van der Waals surface area contributed by atoms with Gasteiger partial charge in [0.05, 0.1) is 0 Å². The van der Waals surface area contributed by atoms with Gasteiger partial charge in [-0.2, -0.15) is 0 Å². The van der Waals surface area contributed by atoms with Crippen LogP contribution >= 0.6 is 0 Å². The average Bonchev–Trinajstić information content (AvgIpc) is 2.47. The number of aliphatic hydroxyl groups excluding tert-OH is 1. The van der Waals surface area contributed by atoms with Crippen molar-refractivity contribution >= 4 is 0 Å². The Bertz CT molecular complexity index is 449. The van der Waals surface area contributed by atoms with E-state index in [0.29, 0.717) is 19.2 Å². The summed E-state index contributed by atoms with van der Waals surface area (Å²) < 4.78 is 5.74. The Morgan fingerprint density at radius 2 is 1.91 bits per heavy atom. The predicted molar refractivity (Wildman–Crippen MR) is 91.5 cm³/mol. The van der Waals surface area contributed by atoms with Crippen molar-refractivity contribution in [3.8, 4) is 5.75 Å². The van der Waals surface area contributed by atoms with E-state index >= 15 is 0 Å². The number of hydrogen-bond donors (Lipinski definition) is 1. The van der Waals surface area contributed by atoms with Gasteiger partial charge in [-0.1, -0.05) is 39.3 Å². The molecular formula is C19H31NO2. The lowest BCUT2D eigenvalue weighted by atomic mass is 9.87. The van der Waals surface area contributed by atoms with E-state index in [1.54, 1.807) is 0 Å². The summed E-state index contributed by atoms with van der Waals surface area (Å²) in [5.74, 6) is 0.832. The second kappa shape index (κ2) is 7.47. The van der Waals surface area contributed by atoms with Gasteiger partial charge in [0.15, 0.2) is 0 Å². The number of hydrogen-bond acceptors (Lipinski definition) is 3. The summed E-state index contributed by atoms with van der Waals surface area (Å²) in [6, 6.07) is 8.78. The molecule has 1 aromatic rings. The van der Waals surface area contributed by atoms with Gasteiger partial charge in [-0.25, -0.2) is 0 Å². The SMILES string of the molecule is C[C@H]1CCCCN1C[C@@H](O)COc1ccc(C(C)(C)C)cc1. The van der Waals surface area contributed by atoms with Crippen molar-refractivity contribution in [2.75, 3.05) is 19.7 Å². The highest BCUT2D eigenvalue weighted by Gasteiger charge is 2.21. The molecule has 1 saturated heterocycles. The lowest BCUT2D eigenvalue weighted by Gasteiger charge is -2.34. The maximum atomic E-state index is 10.2. The zero-order valence-corrected chi connectivity index (χ0v) is 14.5. The Balaban J connectivity index is 1.79.